The van der Waals surface area contributed by atoms with Gasteiger partial charge >= 0.3 is 0 Å². The van der Waals surface area contributed by atoms with E-state index in [0.29, 0.717) is 12.2 Å². The smallest absolute Gasteiger partial charge is 0.211 e. The second-order valence-electron chi connectivity index (χ2n) is 5.48. The Morgan fingerprint density at radius 2 is 2.05 bits per heavy atom. The van der Waals surface area contributed by atoms with E-state index in [-0.39, 0.29) is 6.04 Å². The van der Waals surface area contributed by atoms with E-state index in [1.54, 1.807) is 10.6 Å². The fraction of sp³-hybridized carbons (Fsp3) is 0.615. The van der Waals surface area contributed by atoms with Gasteiger partial charge in [-0.15, -0.1) is 0 Å². The number of aromatic nitrogens is 4. The van der Waals surface area contributed by atoms with Crippen molar-refractivity contribution in [3.8, 4) is 0 Å². The van der Waals surface area contributed by atoms with Crippen LogP contribution in [0.1, 0.15) is 19.8 Å². The minimum atomic E-state index is -3.15. The van der Waals surface area contributed by atoms with Gasteiger partial charge < -0.3 is 9.88 Å². The number of sulfonamides is 1. The molecule has 22 heavy (non-hydrogen) atoms. The summed E-state index contributed by atoms with van der Waals surface area (Å²) in [5.41, 5.74) is 1.48. The molecule has 0 bridgehead atoms. The van der Waals surface area contributed by atoms with Crippen molar-refractivity contribution < 1.29 is 8.42 Å². The summed E-state index contributed by atoms with van der Waals surface area (Å²) in [6.45, 7) is 3.93. The molecule has 0 atom stereocenters. The van der Waals surface area contributed by atoms with Gasteiger partial charge in [-0.2, -0.15) is 4.31 Å². The number of hydrogen-bond donors (Lipinski definition) is 1. The molecule has 0 saturated carbocycles. The maximum atomic E-state index is 11.8. The molecular weight excluding hydrogens is 304 g/mol. The van der Waals surface area contributed by atoms with Crippen LogP contribution in [-0.2, 0) is 10.0 Å². The molecule has 1 aliphatic rings. The number of piperidine rings is 1. The van der Waals surface area contributed by atoms with E-state index in [0.717, 1.165) is 37.3 Å². The first-order valence-electron chi connectivity index (χ1n) is 7.36. The zero-order valence-corrected chi connectivity index (χ0v) is 13.5. The summed E-state index contributed by atoms with van der Waals surface area (Å²) in [6.07, 6.45) is 5.99. The molecule has 1 fully saturated rings. The van der Waals surface area contributed by atoms with Gasteiger partial charge in [0.1, 0.15) is 11.8 Å². The molecule has 1 saturated heterocycles. The van der Waals surface area contributed by atoms with Crippen molar-refractivity contribution in [3.63, 3.8) is 0 Å². The van der Waals surface area contributed by atoms with Crippen molar-refractivity contribution >= 4 is 27.0 Å². The molecule has 1 aliphatic heterocycles. The number of rotatable bonds is 4. The summed E-state index contributed by atoms with van der Waals surface area (Å²) >= 11 is 0. The van der Waals surface area contributed by atoms with Crippen LogP contribution < -0.4 is 4.90 Å². The van der Waals surface area contributed by atoms with E-state index in [9.17, 15) is 8.42 Å². The molecular formula is C13H20N6O2S. The Hall–Kier alpha value is -1.74. The summed E-state index contributed by atoms with van der Waals surface area (Å²) < 4.78 is 25.3. The molecule has 0 radical (unpaired) electrons. The number of fused-ring (bicyclic) bond motifs is 1. The number of anilines is 1. The van der Waals surface area contributed by atoms with Crippen LogP contribution in [0.15, 0.2) is 12.7 Å². The second kappa shape index (κ2) is 5.81. The average Bonchev–Trinajstić information content (AvgIpc) is 2.95. The van der Waals surface area contributed by atoms with E-state index >= 15 is 0 Å². The number of nitrogens with zero attached hydrogens (tertiary/aromatic N) is 5. The minimum absolute atomic E-state index is 0.0651. The standard InChI is InChI=1S/C13H20N6O2S/c1-3-19(22(2,20)21)10-4-6-18(7-5-10)13-11-12(15-8-14-11)16-9-17-13/h8-10H,3-7H2,1-2H3,(H,14,15,16,17). The van der Waals surface area contributed by atoms with Crippen LogP contribution in [0.25, 0.3) is 11.2 Å². The van der Waals surface area contributed by atoms with Gasteiger partial charge in [0.25, 0.3) is 0 Å². The molecule has 9 heteroatoms. The molecule has 0 aliphatic carbocycles. The molecule has 2 aromatic heterocycles. The maximum Gasteiger partial charge on any atom is 0.211 e. The second-order valence-corrected chi connectivity index (χ2v) is 7.42. The lowest BCUT2D eigenvalue weighted by molar-refractivity contribution is 0.285. The Kier molecular flexibility index (Phi) is 4.00. The highest BCUT2D eigenvalue weighted by Gasteiger charge is 2.30. The fourth-order valence-electron chi connectivity index (χ4n) is 3.12. The van der Waals surface area contributed by atoms with E-state index in [1.807, 2.05) is 6.92 Å². The third-order valence-electron chi connectivity index (χ3n) is 4.11. The van der Waals surface area contributed by atoms with E-state index in [1.165, 1.54) is 12.6 Å². The molecule has 0 amide bonds. The van der Waals surface area contributed by atoms with Crippen molar-refractivity contribution in [3.05, 3.63) is 12.7 Å². The first-order chi connectivity index (χ1) is 10.5. The normalized spacial score (nSPS) is 17.5. The Balaban J connectivity index is 1.76. The van der Waals surface area contributed by atoms with Crippen LogP contribution in [-0.4, -0.2) is 64.6 Å². The summed E-state index contributed by atoms with van der Waals surface area (Å²) in [4.78, 5) is 17.8. The molecule has 2 aromatic rings. The highest BCUT2D eigenvalue weighted by atomic mass is 32.2. The fourth-order valence-corrected chi connectivity index (χ4v) is 4.34. The quantitative estimate of drug-likeness (QED) is 0.885. The number of aromatic amines is 1. The third-order valence-corrected chi connectivity index (χ3v) is 5.52. The van der Waals surface area contributed by atoms with Crippen LogP contribution in [0, 0.1) is 0 Å². The molecule has 1 N–H and O–H groups in total. The lowest BCUT2D eigenvalue weighted by atomic mass is 10.1. The SMILES string of the molecule is CCN(C1CCN(c2ncnc3nc[nH]c23)CC1)S(C)(=O)=O. The summed E-state index contributed by atoms with van der Waals surface area (Å²) in [6, 6.07) is 0.0651. The molecule has 3 heterocycles. The number of H-pyrrole nitrogens is 1. The number of imidazole rings is 1. The summed E-state index contributed by atoms with van der Waals surface area (Å²) in [7, 11) is -3.15. The summed E-state index contributed by atoms with van der Waals surface area (Å²) in [5, 5.41) is 0. The zero-order valence-electron chi connectivity index (χ0n) is 12.7. The monoisotopic (exact) mass is 324 g/mol. The van der Waals surface area contributed by atoms with Crippen LogP contribution in [0.5, 0.6) is 0 Å². The van der Waals surface area contributed by atoms with Crippen molar-refractivity contribution in [2.24, 2.45) is 0 Å². The summed E-state index contributed by atoms with van der Waals surface area (Å²) in [5.74, 6) is 0.836. The molecule has 8 nitrogen and oxygen atoms in total. The highest BCUT2D eigenvalue weighted by Crippen LogP contribution is 2.25. The first-order valence-corrected chi connectivity index (χ1v) is 9.21. The predicted octanol–water partition coefficient (Wildman–Crippen LogP) is 0.603. The number of hydrogen-bond acceptors (Lipinski definition) is 6. The molecule has 3 rings (SSSR count). The third kappa shape index (κ3) is 2.78. The lowest BCUT2D eigenvalue weighted by Gasteiger charge is -2.37. The van der Waals surface area contributed by atoms with Gasteiger partial charge in [-0.05, 0) is 12.8 Å². The van der Waals surface area contributed by atoms with Gasteiger partial charge in [-0.3, -0.25) is 0 Å². The van der Waals surface area contributed by atoms with Crippen LogP contribution >= 0.6 is 0 Å². The van der Waals surface area contributed by atoms with Crippen LogP contribution in [0.2, 0.25) is 0 Å². The van der Waals surface area contributed by atoms with E-state index in [2.05, 4.69) is 24.8 Å². The zero-order chi connectivity index (χ0) is 15.7. The number of nitrogens with one attached hydrogen (secondary N) is 1. The maximum absolute atomic E-state index is 11.8. The van der Waals surface area contributed by atoms with Crippen molar-refractivity contribution in [1.29, 1.82) is 0 Å². The Morgan fingerprint density at radius 1 is 1.32 bits per heavy atom. The van der Waals surface area contributed by atoms with Crippen molar-refractivity contribution in [1.82, 2.24) is 24.2 Å². The van der Waals surface area contributed by atoms with E-state index in [4.69, 9.17) is 0 Å². The van der Waals surface area contributed by atoms with Gasteiger partial charge in [0.05, 0.1) is 12.6 Å². The van der Waals surface area contributed by atoms with Gasteiger partial charge in [0, 0.05) is 25.7 Å². The largest absolute Gasteiger partial charge is 0.355 e. The van der Waals surface area contributed by atoms with Crippen molar-refractivity contribution in [2.45, 2.75) is 25.8 Å². The van der Waals surface area contributed by atoms with Gasteiger partial charge in [-0.25, -0.2) is 23.4 Å². The Morgan fingerprint density at radius 3 is 2.68 bits per heavy atom. The molecule has 0 unspecified atom stereocenters. The lowest BCUT2D eigenvalue weighted by Crippen LogP contribution is -2.47. The van der Waals surface area contributed by atoms with Crippen LogP contribution in [0.4, 0.5) is 5.82 Å². The van der Waals surface area contributed by atoms with Crippen molar-refractivity contribution in [2.75, 3.05) is 30.8 Å². The first kappa shape index (κ1) is 15.2. The topological polar surface area (TPSA) is 95.1 Å². The van der Waals surface area contributed by atoms with Crippen LogP contribution in [0.3, 0.4) is 0 Å². The Bertz CT molecular complexity index is 751. The highest BCUT2D eigenvalue weighted by molar-refractivity contribution is 7.88. The predicted molar refractivity (Wildman–Crippen MR) is 84.1 cm³/mol. The van der Waals surface area contributed by atoms with Gasteiger partial charge in [-0.1, -0.05) is 6.92 Å². The average molecular weight is 324 g/mol. The molecule has 0 spiro atoms. The molecule has 0 aromatic carbocycles. The van der Waals surface area contributed by atoms with Gasteiger partial charge in [0.15, 0.2) is 11.5 Å². The Labute approximate surface area is 129 Å². The van der Waals surface area contributed by atoms with Gasteiger partial charge in [0.2, 0.25) is 10.0 Å². The van der Waals surface area contributed by atoms with E-state index < -0.39 is 10.0 Å². The minimum Gasteiger partial charge on any atom is -0.355 e. The molecule has 120 valence electrons.